The lowest BCUT2D eigenvalue weighted by Gasteiger charge is -2.22. The van der Waals surface area contributed by atoms with Gasteiger partial charge in [-0.2, -0.15) is 16.6 Å². The lowest BCUT2D eigenvalue weighted by atomic mass is 9.99. The number of thiophene rings is 1. The number of carbonyl (C=O) groups is 1. The third kappa shape index (κ3) is 4.52. The maximum atomic E-state index is 13.6. The number of aliphatic hydroxyl groups is 1. The molecule has 0 saturated heterocycles. The highest BCUT2D eigenvalue weighted by molar-refractivity contribution is 7.08. The second-order valence-corrected chi connectivity index (χ2v) is 6.02. The monoisotopic (exact) mass is 333 g/mol. The molecule has 1 atom stereocenters. The number of benzene rings is 1. The van der Waals surface area contributed by atoms with Crippen LogP contribution in [-0.2, 0) is 12.1 Å². The molecule has 7 heteroatoms. The predicted molar refractivity (Wildman–Crippen MR) is 85.2 cm³/mol. The fourth-order valence-electron chi connectivity index (χ4n) is 1.94. The van der Waals surface area contributed by atoms with Crippen molar-refractivity contribution in [1.82, 2.24) is 10.6 Å². The van der Waals surface area contributed by atoms with Gasteiger partial charge in [-0.1, -0.05) is 0 Å². The van der Waals surface area contributed by atoms with E-state index in [9.17, 15) is 14.3 Å². The SMILES string of the molecule is CC(O)(CNC(=O)NCc1cc(C#N)ccc1F)c1ccsc1. The van der Waals surface area contributed by atoms with Crippen LogP contribution >= 0.6 is 11.3 Å². The summed E-state index contributed by atoms with van der Waals surface area (Å²) in [6.07, 6.45) is 0. The van der Waals surface area contributed by atoms with Gasteiger partial charge in [0.05, 0.1) is 18.2 Å². The predicted octanol–water partition coefficient (Wildman–Crippen LogP) is 2.47. The van der Waals surface area contributed by atoms with E-state index < -0.39 is 17.4 Å². The molecule has 0 aliphatic rings. The molecule has 5 nitrogen and oxygen atoms in total. The molecular formula is C16H16FN3O2S. The molecule has 1 aromatic carbocycles. The number of nitrogens with one attached hydrogen (secondary N) is 2. The molecule has 2 amide bonds. The fraction of sp³-hybridized carbons (Fsp3) is 0.250. The minimum Gasteiger partial charge on any atom is -0.384 e. The van der Waals surface area contributed by atoms with Crippen molar-refractivity contribution in [3.05, 3.63) is 57.5 Å². The van der Waals surface area contributed by atoms with Gasteiger partial charge in [0.1, 0.15) is 11.4 Å². The molecule has 1 aromatic heterocycles. The van der Waals surface area contributed by atoms with E-state index in [1.54, 1.807) is 13.0 Å². The molecule has 0 aliphatic heterocycles. The topological polar surface area (TPSA) is 85.2 Å². The second-order valence-electron chi connectivity index (χ2n) is 5.24. The Morgan fingerprint density at radius 2 is 2.22 bits per heavy atom. The number of rotatable bonds is 5. The van der Waals surface area contributed by atoms with Crippen molar-refractivity contribution in [2.24, 2.45) is 0 Å². The van der Waals surface area contributed by atoms with Gasteiger partial charge in [0.25, 0.3) is 0 Å². The van der Waals surface area contributed by atoms with Crippen molar-refractivity contribution in [2.45, 2.75) is 19.1 Å². The molecule has 2 rings (SSSR count). The number of carbonyl (C=O) groups excluding carboxylic acids is 1. The smallest absolute Gasteiger partial charge is 0.315 e. The molecule has 2 aromatic rings. The Morgan fingerprint density at radius 3 is 2.87 bits per heavy atom. The number of amides is 2. The largest absolute Gasteiger partial charge is 0.384 e. The van der Waals surface area contributed by atoms with Crippen molar-refractivity contribution < 1.29 is 14.3 Å². The van der Waals surface area contributed by atoms with Gasteiger partial charge in [-0.3, -0.25) is 0 Å². The van der Waals surface area contributed by atoms with Crippen molar-refractivity contribution in [3.63, 3.8) is 0 Å². The molecule has 0 bridgehead atoms. The molecule has 0 fully saturated rings. The lowest BCUT2D eigenvalue weighted by molar-refractivity contribution is 0.0598. The van der Waals surface area contributed by atoms with E-state index in [1.165, 1.54) is 29.5 Å². The molecular weight excluding hydrogens is 317 g/mol. The summed E-state index contributed by atoms with van der Waals surface area (Å²) in [4.78, 5) is 11.8. The third-order valence-electron chi connectivity index (χ3n) is 3.35. The average Bonchev–Trinajstić information content (AvgIpc) is 3.07. The number of hydrogen-bond donors (Lipinski definition) is 3. The zero-order valence-corrected chi connectivity index (χ0v) is 13.3. The van der Waals surface area contributed by atoms with Gasteiger partial charge >= 0.3 is 6.03 Å². The van der Waals surface area contributed by atoms with Gasteiger partial charge in [-0.15, -0.1) is 0 Å². The summed E-state index contributed by atoms with van der Waals surface area (Å²) in [7, 11) is 0. The summed E-state index contributed by atoms with van der Waals surface area (Å²) in [6, 6.07) is 7.12. The minimum absolute atomic E-state index is 0.0241. The number of nitriles is 1. The van der Waals surface area contributed by atoms with Crippen molar-refractivity contribution in [2.75, 3.05) is 6.54 Å². The van der Waals surface area contributed by atoms with Gasteiger partial charge in [-0.25, -0.2) is 9.18 Å². The number of halogens is 1. The first-order valence-electron chi connectivity index (χ1n) is 6.87. The number of urea groups is 1. The zero-order chi connectivity index (χ0) is 16.9. The highest BCUT2D eigenvalue weighted by Crippen LogP contribution is 2.21. The van der Waals surface area contributed by atoms with Crippen molar-refractivity contribution in [3.8, 4) is 6.07 Å². The summed E-state index contributed by atoms with van der Waals surface area (Å²) >= 11 is 1.46. The highest BCUT2D eigenvalue weighted by Gasteiger charge is 2.24. The van der Waals surface area contributed by atoms with Crippen LogP contribution < -0.4 is 10.6 Å². The Hall–Kier alpha value is -2.43. The van der Waals surface area contributed by atoms with Crippen LogP contribution in [-0.4, -0.2) is 17.7 Å². The van der Waals surface area contributed by atoms with Gasteiger partial charge in [0.2, 0.25) is 0 Å². The second kappa shape index (κ2) is 7.22. The standard InChI is InChI=1S/C16H16FN3O2S/c1-16(22,13-4-5-23-9-13)10-20-15(21)19-8-12-6-11(7-18)2-3-14(12)17/h2-6,9,22H,8,10H2,1H3,(H2,19,20,21). The van der Waals surface area contributed by atoms with Crippen LogP contribution in [0.5, 0.6) is 0 Å². The molecule has 0 saturated carbocycles. The first-order chi connectivity index (χ1) is 10.9. The Kier molecular flexibility index (Phi) is 5.32. The van der Waals surface area contributed by atoms with E-state index in [-0.39, 0.29) is 18.7 Å². The van der Waals surface area contributed by atoms with Gasteiger partial charge in [0.15, 0.2) is 0 Å². The minimum atomic E-state index is -1.18. The zero-order valence-electron chi connectivity index (χ0n) is 12.5. The molecule has 120 valence electrons. The van der Waals surface area contributed by atoms with E-state index in [1.807, 2.05) is 16.8 Å². The van der Waals surface area contributed by atoms with Crippen LogP contribution in [0.4, 0.5) is 9.18 Å². The molecule has 0 spiro atoms. The molecule has 1 unspecified atom stereocenters. The normalized spacial score (nSPS) is 13.0. The Bertz CT molecular complexity index is 723. The van der Waals surface area contributed by atoms with E-state index in [2.05, 4.69) is 10.6 Å². The van der Waals surface area contributed by atoms with Crippen molar-refractivity contribution >= 4 is 17.4 Å². The van der Waals surface area contributed by atoms with Gasteiger partial charge in [-0.05, 0) is 47.5 Å². The van der Waals surface area contributed by atoms with Crippen LogP contribution in [0, 0.1) is 17.1 Å². The van der Waals surface area contributed by atoms with Crippen molar-refractivity contribution in [1.29, 1.82) is 5.26 Å². The quantitative estimate of drug-likeness (QED) is 0.786. The maximum absolute atomic E-state index is 13.6. The molecule has 23 heavy (non-hydrogen) atoms. The van der Waals surface area contributed by atoms with Gasteiger partial charge < -0.3 is 15.7 Å². The van der Waals surface area contributed by atoms with Gasteiger partial charge in [0, 0.05) is 12.1 Å². The Balaban J connectivity index is 1.87. The summed E-state index contributed by atoms with van der Waals surface area (Å²) < 4.78 is 13.6. The number of nitrogens with zero attached hydrogens (tertiary/aromatic N) is 1. The van der Waals surface area contributed by atoms with Crippen LogP contribution in [0.25, 0.3) is 0 Å². The van der Waals surface area contributed by atoms with Crippen LogP contribution in [0.15, 0.2) is 35.0 Å². The highest BCUT2D eigenvalue weighted by atomic mass is 32.1. The molecule has 3 N–H and O–H groups in total. The Morgan fingerprint density at radius 1 is 1.43 bits per heavy atom. The first kappa shape index (κ1) is 16.9. The summed E-state index contributed by atoms with van der Waals surface area (Å²) in [5.74, 6) is -0.491. The maximum Gasteiger partial charge on any atom is 0.315 e. The molecule has 0 aliphatic carbocycles. The van der Waals surface area contributed by atoms with E-state index in [0.29, 0.717) is 5.56 Å². The summed E-state index contributed by atoms with van der Waals surface area (Å²) in [5.41, 5.74) is 0.0897. The summed E-state index contributed by atoms with van der Waals surface area (Å²) in [5, 5.41) is 27.8. The Labute approximate surface area is 137 Å². The first-order valence-corrected chi connectivity index (χ1v) is 7.82. The molecule has 1 heterocycles. The molecule has 0 radical (unpaired) electrons. The van der Waals surface area contributed by atoms with Crippen LogP contribution in [0.3, 0.4) is 0 Å². The summed E-state index contributed by atoms with van der Waals surface area (Å²) in [6.45, 7) is 1.58. The van der Waals surface area contributed by atoms with Crippen LogP contribution in [0.1, 0.15) is 23.6 Å². The lowest BCUT2D eigenvalue weighted by Crippen LogP contribution is -2.43. The van der Waals surface area contributed by atoms with Crippen LogP contribution in [0.2, 0.25) is 0 Å². The van der Waals surface area contributed by atoms with E-state index >= 15 is 0 Å². The average molecular weight is 333 g/mol. The number of hydrogen-bond acceptors (Lipinski definition) is 4. The van der Waals surface area contributed by atoms with E-state index in [4.69, 9.17) is 5.26 Å². The fourth-order valence-corrected chi connectivity index (χ4v) is 2.73. The third-order valence-corrected chi connectivity index (χ3v) is 4.03. The van der Waals surface area contributed by atoms with E-state index in [0.717, 1.165) is 5.56 Å².